The molecule has 3 atom stereocenters. The minimum absolute atomic E-state index is 0.570. The van der Waals surface area contributed by atoms with E-state index in [2.05, 4.69) is 37.0 Å². The van der Waals surface area contributed by atoms with Crippen LogP contribution in [0.3, 0.4) is 0 Å². The Morgan fingerprint density at radius 3 is 2.70 bits per heavy atom. The SMILES string of the molecule is Cc1ccc2cc(C3(O)CCC(C)C(C)C3)ccc2n1. The summed E-state index contributed by atoms with van der Waals surface area (Å²) in [5, 5.41) is 12.1. The number of hydrogen-bond donors (Lipinski definition) is 1. The number of rotatable bonds is 1. The number of aromatic nitrogens is 1. The Morgan fingerprint density at radius 1 is 1.15 bits per heavy atom. The highest BCUT2D eigenvalue weighted by molar-refractivity contribution is 5.79. The lowest BCUT2D eigenvalue weighted by molar-refractivity contribution is -0.0335. The lowest BCUT2D eigenvalue weighted by atomic mass is 9.70. The number of fused-ring (bicyclic) bond motifs is 1. The van der Waals surface area contributed by atoms with Crippen LogP contribution in [-0.4, -0.2) is 10.1 Å². The standard InChI is InChI=1S/C18H23NO/c1-12-8-9-18(20,11-13(12)2)16-6-7-17-15(10-16)5-4-14(3)19-17/h4-7,10,12-13,20H,8-9,11H2,1-3H3. The number of aliphatic hydroxyl groups is 1. The topological polar surface area (TPSA) is 33.1 Å². The third-order valence-electron chi connectivity index (χ3n) is 5.01. The van der Waals surface area contributed by atoms with E-state index < -0.39 is 5.60 Å². The van der Waals surface area contributed by atoms with Gasteiger partial charge in [0.1, 0.15) is 0 Å². The normalized spacial score (nSPS) is 30.6. The van der Waals surface area contributed by atoms with E-state index in [-0.39, 0.29) is 0 Å². The molecule has 1 aliphatic rings. The number of hydrogen-bond acceptors (Lipinski definition) is 2. The van der Waals surface area contributed by atoms with Crippen molar-refractivity contribution in [3.63, 3.8) is 0 Å². The number of nitrogens with zero attached hydrogens (tertiary/aromatic N) is 1. The van der Waals surface area contributed by atoms with Crippen LogP contribution >= 0.6 is 0 Å². The molecular weight excluding hydrogens is 246 g/mol. The predicted molar refractivity (Wildman–Crippen MR) is 82.6 cm³/mol. The number of aryl methyl sites for hydroxylation is 1. The molecule has 1 aromatic heterocycles. The van der Waals surface area contributed by atoms with Gasteiger partial charge in [-0.15, -0.1) is 0 Å². The van der Waals surface area contributed by atoms with Crippen molar-refractivity contribution in [1.82, 2.24) is 4.98 Å². The highest BCUT2D eigenvalue weighted by Gasteiger charge is 2.37. The highest BCUT2D eigenvalue weighted by atomic mass is 16.3. The van der Waals surface area contributed by atoms with E-state index in [9.17, 15) is 5.11 Å². The van der Waals surface area contributed by atoms with Gasteiger partial charge in [-0.05, 0) is 61.8 Å². The molecule has 0 spiro atoms. The molecular formula is C18H23NO. The number of pyridine rings is 1. The van der Waals surface area contributed by atoms with E-state index in [0.717, 1.165) is 41.4 Å². The van der Waals surface area contributed by atoms with Crippen molar-refractivity contribution < 1.29 is 5.11 Å². The van der Waals surface area contributed by atoms with E-state index in [4.69, 9.17) is 0 Å². The molecule has 2 nitrogen and oxygen atoms in total. The molecule has 0 aliphatic heterocycles. The van der Waals surface area contributed by atoms with Crippen molar-refractivity contribution in [3.8, 4) is 0 Å². The number of benzene rings is 1. The molecule has 1 fully saturated rings. The van der Waals surface area contributed by atoms with Gasteiger partial charge < -0.3 is 5.11 Å². The maximum atomic E-state index is 11.0. The Balaban J connectivity index is 1.99. The van der Waals surface area contributed by atoms with Gasteiger partial charge in [-0.1, -0.05) is 26.0 Å². The fraction of sp³-hybridized carbons (Fsp3) is 0.500. The molecule has 0 bridgehead atoms. The maximum absolute atomic E-state index is 11.0. The van der Waals surface area contributed by atoms with Gasteiger partial charge >= 0.3 is 0 Å². The summed E-state index contributed by atoms with van der Waals surface area (Å²) in [6.07, 6.45) is 2.82. The van der Waals surface area contributed by atoms with Crippen molar-refractivity contribution in [3.05, 3.63) is 41.6 Å². The van der Waals surface area contributed by atoms with Gasteiger partial charge in [0.05, 0.1) is 11.1 Å². The summed E-state index contributed by atoms with van der Waals surface area (Å²) in [6, 6.07) is 10.3. The first-order valence-corrected chi connectivity index (χ1v) is 7.58. The third kappa shape index (κ3) is 2.33. The molecule has 1 saturated carbocycles. The molecule has 20 heavy (non-hydrogen) atoms. The predicted octanol–water partition coefficient (Wildman–Crippen LogP) is 4.19. The van der Waals surface area contributed by atoms with Gasteiger partial charge in [0.2, 0.25) is 0 Å². The average Bonchev–Trinajstić information content (AvgIpc) is 2.43. The summed E-state index contributed by atoms with van der Waals surface area (Å²) in [5.74, 6) is 1.28. The van der Waals surface area contributed by atoms with Gasteiger partial charge in [0, 0.05) is 11.1 Å². The zero-order chi connectivity index (χ0) is 14.3. The van der Waals surface area contributed by atoms with Crippen LogP contribution in [0.15, 0.2) is 30.3 Å². The minimum atomic E-state index is -0.662. The molecule has 2 heteroatoms. The summed E-state index contributed by atoms with van der Waals surface area (Å²) < 4.78 is 0. The van der Waals surface area contributed by atoms with E-state index >= 15 is 0 Å². The molecule has 1 heterocycles. The fourth-order valence-corrected chi connectivity index (χ4v) is 3.37. The molecule has 0 radical (unpaired) electrons. The Labute approximate surface area is 120 Å². The summed E-state index contributed by atoms with van der Waals surface area (Å²) in [5.41, 5.74) is 2.43. The lowest BCUT2D eigenvalue weighted by Gasteiger charge is -2.39. The van der Waals surface area contributed by atoms with E-state index in [1.54, 1.807) is 0 Å². The Bertz CT molecular complexity index is 636. The second kappa shape index (κ2) is 4.85. The summed E-state index contributed by atoms with van der Waals surface area (Å²) in [6.45, 7) is 6.54. The molecule has 1 N–H and O–H groups in total. The van der Waals surface area contributed by atoms with Gasteiger partial charge in [0.15, 0.2) is 0 Å². The van der Waals surface area contributed by atoms with E-state index in [1.165, 1.54) is 0 Å². The smallest absolute Gasteiger partial charge is 0.0899 e. The Hall–Kier alpha value is -1.41. The third-order valence-corrected chi connectivity index (χ3v) is 5.01. The van der Waals surface area contributed by atoms with E-state index in [0.29, 0.717) is 11.8 Å². The van der Waals surface area contributed by atoms with Crippen LogP contribution in [0.25, 0.3) is 10.9 Å². The van der Waals surface area contributed by atoms with Crippen LogP contribution in [0, 0.1) is 18.8 Å². The quantitative estimate of drug-likeness (QED) is 0.842. The van der Waals surface area contributed by atoms with Crippen LogP contribution < -0.4 is 0 Å². The summed E-state index contributed by atoms with van der Waals surface area (Å²) in [4.78, 5) is 4.53. The second-order valence-electron chi connectivity index (χ2n) is 6.59. The monoisotopic (exact) mass is 269 g/mol. The molecule has 1 aliphatic carbocycles. The van der Waals surface area contributed by atoms with Crippen molar-refractivity contribution >= 4 is 10.9 Å². The highest BCUT2D eigenvalue weighted by Crippen LogP contribution is 2.42. The van der Waals surface area contributed by atoms with E-state index in [1.807, 2.05) is 19.1 Å². The first-order chi connectivity index (χ1) is 9.48. The second-order valence-corrected chi connectivity index (χ2v) is 6.59. The summed E-state index contributed by atoms with van der Waals surface area (Å²) in [7, 11) is 0. The van der Waals surface area contributed by atoms with Crippen LogP contribution in [0.1, 0.15) is 44.4 Å². The van der Waals surface area contributed by atoms with Gasteiger partial charge in [-0.25, -0.2) is 0 Å². The van der Waals surface area contributed by atoms with Crippen molar-refractivity contribution in [1.29, 1.82) is 0 Å². The molecule has 3 rings (SSSR count). The Morgan fingerprint density at radius 2 is 1.95 bits per heavy atom. The molecule has 1 aromatic carbocycles. The van der Waals surface area contributed by atoms with Crippen LogP contribution in [0.2, 0.25) is 0 Å². The minimum Gasteiger partial charge on any atom is -0.385 e. The van der Waals surface area contributed by atoms with Gasteiger partial charge in [-0.3, -0.25) is 4.98 Å². The van der Waals surface area contributed by atoms with Crippen molar-refractivity contribution in [2.45, 2.75) is 45.6 Å². The van der Waals surface area contributed by atoms with Gasteiger partial charge in [0.25, 0.3) is 0 Å². The van der Waals surface area contributed by atoms with Crippen LogP contribution in [0.4, 0.5) is 0 Å². The summed E-state index contributed by atoms with van der Waals surface area (Å²) >= 11 is 0. The molecule has 3 unspecified atom stereocenters. The largest absolute Gasteiger partial charge is 0.385 e. The van der Waals surface area contributed by atoms with Crippen molar-refractivity contribution in [2.24, 2.45) is 11.8 Å². The molecule has 0 amide bonds. The van der Waals surface area contributed by atoms with Crippen LogP contribution in [0.5, 0.6) is 0 Å². The molecule has 2 aromatic rings. The molecule has 106 valence electrons. The van der Waals surface area contributed by atoms with Gasteiger partial charge in [-0.2, -0.15) is 0 Å². The van der Waals surface area contributed by atoms with Crippen LogP contribution in [-0.2, 0) is 5.60 Å². The maximum Gasteiger partial charge on any atom is 0.0899 e. The fourth-order valence-electron chi connectivity index (χ4n) is 3.37. The van der Waals surface area contributed by atoms with Crippen molar-refractivity contribution in [2.75, 3.05) is 0 Å². The Kier molecular flexibility index (Phi) is 3.29. The average molecular weight is 269 g/mol. The zero-order valence-corrected chi connectivity index (χ0v) is 12.6. The zero-order valence-electron chi connectivity index (χ0n) is 12.6. The molecule has 0 saturated heterocycles. The first-order valence-electron chi connectivity index (χ1n) is 7.58. The first kappa shape index (κ1) is 13.6. The lowest BCUT2D eigenvalue weighted by Crippen LogP contribution is -2.35.